The van der Waals surface area contributed by atoms with Gasteiger partial charge in [0.15, 0.2) is 0 Å². The number of rotatable bonds is 4. The molecule has 1 aliphatic heterocycles. The Morgan fingerprint density at radius 1 is 1.43 bits per heavy atom. The molecule has 1 N–H and O–H groups in total. The predicted octanol–water partition coefficient (Wildman–Crippen LogP) is 1.57. The summed E-state index contributed by atoms with van der Waals surface area (Å²) in [5.74, 6) is 0.284. The van der Waals surface area contributed by atoms with Gasteiger partial charge in [-0.25, -0.2) is 4.79 Å². The van der Waals surface area contributed by atoms with Gasteiger partial charge < -0.3 is 9.94 Å². The maximum Gasteiger partial charge on any atom is 0.332 e. The largest absolute Gasteiger partial charge is 0.411 e. The van der Waals surface area contributed by atoms with Crippen LogP contribution in [0.25, 0.3) is 10.2 Å². The predicted molar refractivity (Wildman–Crippen MR) is 89.2 cm³/mol. The minimum atomic E-state index is -0.293. The van der Waals surface area contributed by atoms with Gasteiger partial charge in [0.25, 0.3) is 5.56 Å². The van der Waals surface area contributed by atoms with Gasteiger partial charge >= 0.3 is 5.69 Å². The zero-order valence-electron chi connectivity index (χ0n) is 13.3. The molecule has 8 heteroatoms. The van der Waals surface area contributed by atoms with Gasteiger partial charge in [0.05, 0.1) is 29.7 Å². The molecule has 0 unspecified atom stereocenters. The van der Waals surface area contributed by atoms with E-state index < -0.39 is 0 Å². The fraction of sp³-hybridized carbons (Fsp3) is 0.533. The molecule has 124 valence electrons. The van der Waals surface area contributed by atoms with Crippen LogP contribution in [0.2, 0.25) is 0 Å². The molecule has 0 saturated carbocycles. The summed E-state index contributed by atoms with van der Waals surface area (Å²) in [6.07, 6.45) is 1.31. The van der Waals surface area contributed by atoms with Crippen molar-refractivity contribution < 1.29 is 9.94 Å². The fourth-order valence-corrected chi connectivity index (χ4v) is 3.99. The molecular weight excluding hydrogens is 318 g/mol. The Balaban J connectivity index is 2.36. The number of hydrogen-bond acceptors (Lipinski definition) is 6. The van der Waals surface area contributed by atoms with Crippen LogP contribution in [0.15, 0.2) is 14.7 Å². The third kappa shape index (κ3) is 2.51. The minimum Gasteiger partial charge on any atom is -0.411 e. The summed E-state index contributed by atoms with van der Waals surface area (Å²) in [6.45, 7) is 7.24. The molecule has 0 aromatic carbocycles. The Morgan fingerprint density at radius 2 is 2.13 bits per heavy atom. The van der Waals surface area contributed by atoms with Crippen LogP contribution in [0.4, 0.5) is 0 Å². The average molecular weight is 337 g/mol. The van der Waals surface area contributed by atoms with Crippen LogP contribution in [0, 0.1) is 12.8 Å². The van der Waals surface area contributed by atoms with Crippen LogP contribution in [0.5, 0.6) is 0 Å². The van der Waals surface area contributed by atoms with E-state index in [1.54, 1.807) is 4.57 Å². The SMILES string of the molecule is Cc1c(/C=N/O)sc2c1c(=O)n(C(C)C)c(=O)n2CC1COC1. The molecule has 0 radical (unpaired) electrons. The number of hydrogen-bond donors (Lipinski definition) is 1. The van der Waals surface area contributed by atoms with Gasteiger partial charge in [-0.15, -0.1) is 11.3 Å². The van der Waals surface area contributed by atoms with Gasteiger partial charge in [-0.2, -0.15) is 0 Å². The molecule has 0 spiro atoms. The first kappa shape index (κ1) is 15.9. The number of ether oxygens (including phenoxy) is 1. The van der Waals surface area contributed by atoms with Crippen molar-refractivity contribution in [3.05, 3.63) is 31.3 Å². The van der Waals surface area contributed by atoms with Gasteiger partial charge in [-0.1, -0.05) is 5.16 Å². The van der Waals surface area contributed by atoms with E-state index in [4.69, 9.17) is 9.94 Å². The summed E-state index contributed by atoms with van der Waals surface area (Å²) in [7, 11) is 0. The number of oxime groups is 1. The number of fused-ring (bicyclic) bond motifs is 1. The van der Waals surface area contributed by atoms with E-state index in [0.29, 0.717) is 34.9 Å². The maximum absolute atomic E-state index is 12.8. The minimum absolute atomic E-state index is 0.224. The van der Waals surface area contributed by atoms with Gasteiger partial charge in [-0.05, 0) is 26.3 Å². The van der Waals surface area contributed by atoms with Crippen molar-refractivity contribution in [2.45, 2.75) is 33.4 Å². The molecule has 0 bridgehead atoms. The third-order valence-corrected chi connectivity index (χ3v) is 5.37. The summed E-state index contributed by atoms with van der Waals surface area (Å²) >= 11 is 1.30. The zero-order chi connectivity index (χ0) is 16.7. The molecule has 1 fully saturated rings. The van der Waals surface area contributed by atoms with Crippen LogP contribution in [-0.4, -0.2) is 33.8 Å². The first-order valence-corrected chi connectivity index (χ1v) is 8.31. The normalized spacial score (nSPS) is 15.8. The van der Waals surface area contributed by atoms with Crippen molar-refractivity contribution in [3.63, 3.8) is 0 Å². The summed E-state index contributed by atoms with van der Waals surface area (Å²) in [4.78, 5) is 26.9. The van der Waals surface area contributed by atoms with E-state index in [1.165, 1.54) is 22.1 Å². The lowest BCUT2D eigenvalue weighted by Crippen LogP contribution is -2.43. The molecule has 0 atom stereocenters. The van der Waals surface area contributed by atoms with Gasteiger partial charge in [-0.3, -0.25) is 13.9 Å². The van der Waals surface area contributed by atoms with Crippen LogP contribution < -0.4 is 11.2 Å². The van der Waals surface area contributed by atoms with Crippen molar-refractivity contribution in [2.24, 2.45) is 11.1 Å². The third-order valence-electron chi connectivity index (χ3n) is 4.12. The topological polar surface area (TPSA) is 85.8 Å². The lowest BCUT2D eigenvalue weighted by Gasteiger charge is -2.27. The Bertz CT molecular complexity index is 887. The number of aryl methyl sites for hydroxylation is 1. The maximum atomic E-state index is 12.8. The van der Waals surface area contributed by atoms with Crippen LogP contribution in [-0.2, 0) is 11.3 Å². The molecule has 0 aliphatic carbocycles. The second kappa shape index (κ2) is 5.93. The average Bonchev–Trinajstić information content (AvgIpc) is 2.74. The summed E-state index contributed by atoms with van der Waals surface area (Å²) < 4.78 is 8.15. The van der Waals surface area contributed by atoms with E-state index in [2.05, 4.69) is 5.16 Å². The van der Waals surface area contributed by atoms with Gasteiger partial charge in [0.2, 0.25) is 0 Å². The summed E-state index contributed by atoms with van der Waals surface area (Å²) in [6, 6.07) is -0.224. The van der Waals surface area contributed by atoms with E-state index >= 15 is 0 Å². The zero-order valence-corrected chi connectivity index (χ0v) is 14.1. The van der Waals surface area contributed by atoms with Crippen LogP contribution in [0.1, 0.15) is 30.3 Å². The van der Waals surface area contributed by atoms with E-state index in [0.717, 1.165) is 5.56 Å². The number of nitrogens with zero attached hydrogens (tertiary/aromatic N) is 3. The molecule has 2 aromatic rings. The highest BCUT2D eigenvalue weighted by Crippen LogP contribution is 2.28. The second-order valence-electron chi connectivity index (χ2n) is 6.08. The Hall–Kier alpha value is -1.93. The first-order valence-electron chi connectivity index (χ1n) is 7.49. The fourth-order valence-electron chi connectivity index (χ4n) is 2.82. The monoisotopic (exact) mass is 337 g/mol. The molecule has 3 rings (SSSR count). The van der Waals surface area contributed by atoms with Crippen LogP contribution in [0.3, 0.4) is 0 Å². The highest BCUT2D eigenvalue weighted by atomic mass is 32.1. The quantitative estimate of drug-likeness (QED) is 0.521. The number of aromatic nitrogens is 2. The molecule has 1 saturated heterocycles. The van der Waals surface area contributed by atoms with Crippen molar-refractivity contribution in [3.8, 4) is 0 Å². The molecule has 0 amide bonds. The first-order chi connectivity index (χ1) is 11.0. The lowest BCUT2D eigenvalue weighted by atomic mass is 10.1. The molecular formula is C15H19N3O4S. The van der Waals surface area contributed by atoms with Crippen LogP contribution >= 0.6 is 11.3 Å². The van der Waals surface area contributed by atoms with E-state index in [9.17, 15) is 9.59 Å². The molecule has 1 aliphatic rings. The standard InChI is InChI=1S/C15H19N3O4S/c1-8(2)18-13(19)12-9(3)11(4-16-21)23-14(12)17(15(18)20)5-10-6-22-7-10/h4,8,10,21H,5-7H2,1-3H3/b16-4+. The lowest BCUT2D eigenvalue weighted by molar-refractivity contribution is -0.0395. The van der Waals surface area contributed by atoms with E-state index in [-0.39, 0.29) is 23.2 Å². The summed E-state index contributed by atoms with van der Waals surface area (Å²) in [5.41, 5.74) is 0.159. The Kier molecular flexibility index (Phi) is 4.11. The van der Waals surface area contributed by atoms with Gasteiger partial charge in [0, 0.05) is 18.5 Å². The molecule has 23 heavy (non-hydrogen) atoms. The van der Waals surface area contributed by atoms with Crippen molar-refractivity contribution >= 4 is 27.8 Å². The smallest absolute Gasteiger partial charge is 0.332 e. The molecule has 2 aromatic heterocycles. The van der Waals surface area contributed by atoms with Crippen molar-refractivity contribution in [1.82, 2.24) is 9.13 Å². The second-order valence-corrected chi connectivity index (χ2v) is 7.11. The van der Waals surface area contributed by atoms with Crippen molar-refractivity contribution in [1.29, 1.82) is 0 Å². The number of thiophene rings is 1. The molecule has 7 nitrogen and oxygen atoms in total. The Morgan fingerprint density at radius 3 is 2.65 bits per heavy atom. The summed E-state index contributed by atoms with van der Waals surface area (Å²) in [5, 5.41) is 12.4. The Labute approximate surface area is 136 Å². The van der Waals surface area contributed by atoms with E-state index in [1.807, 2.05) is 20.8 Å². The highest BCUT2D eigenvalue weighted by Gasteiger charge is 2.25. The highest BCUT2D eigenvalue weighted by molar-refractivity contribution is 7.20. The molecule has 3 heterocycles. The van der Waals surface area contributed by atoms with Crippen molar-refractivity contribution in [2.75, 3.05) is 13.2 Å². The van der Waals surface area contributed by atoms with Gasteiger partial charge in [0.1, 0.15) is 4.83 Å².